The molecular weight excluding hydrogens is 438 g/mol. The monoisotopic (exact) mass is 463 g/mol. The van der Waals surface area contributed by atoms with Gasteiger partial charge in [-0.1, -0.05) is 11.6 Å². The Kier molecular flexibility index (Phi) is 6.34. The second-order valence-electron chi connectivity index (χ2n) is 8.05. The number of nitrogens with one attached hydrogen (secondary N) is 1. The average Bonchev–Trinajstić information content (AvgIpc) is 2.87. The number of carbonyl (C=O) groups excluding carboxylic acids is 2. The molecule has 0 atom stereocenters. The van der Waals surface area contributed by atoms with Crippen molar-refractivity contribution in [1.82, 2.24) is 0 Å². The predicted octanol–water partition coefficient (Wildman–Crippen LogP) is 4.14. The molecule has 9 heteroatoms. The highest BCUT2D eigenvalue weighted by Crippen LogP contribution is 2.37. The average molecular weight is 464 g/mol. The predicted molar refractivity (Wildman–Crippen MR) is 124 cm³/mol. The van der Waals surface area contributed by atoms with Gasteiger partial charge in [-0.25, -0.2) is 12.7 Å². The third kappa shape index (κ3) is 4.55. The second-order valence-corrected chi connectivity index (χ2v) is 10.3. The molecule has 1 aliphatic rings. The fourth-order valence-electron chi connectivity index (χ4n) is 3.62. The number of nitrogens with zero attached hydrogens (tertiary/aromatic N) is 2. The van der Waals surface area contributed by atoms with Gasteiger partial charge in [0.15, 0.2) is 0 Å². The van der Waals surface area contributed by atoms with Crippen molar-refractivity contribution in [2.75, 3.05) is 33.4 Å². The molecule has 2 aromatic carbocycles. The lowest BCUT2D eigenvalue weighted by Crippen LogP contribution is -2.33. The van der Waals surface area contributed by atoms with Crippen LogP contribution in [-0.4, -0.2) is 39.1 Å². The highest BCUT2D eigenvalue weighted by atomic mass is 35.5. The third-order valence-electron chi connectivity index (χ3n) is 5.27. The molecule has 0 unspecified atom stereocenters. The van der Waals surface area contributed by atoms with Crippen molar-refractivity contribution < 1.29 is 18.0 Å². The van der Waals surface area contributed by atoms with E-state index >= 15 is 0 Å². The summed E-state index contributed by atoms with van der Waals surface area (Å²) in [6.07, 6.45) is 0. The molecule has 1 saturated heterocycles. The molecule has 0 radical (unpaired) electrons. The van der Waals surface area contributed by atoms with Gasteiger partial charge in [0.1, 0.15) is 0 Å². The largest absolute Gasteiger partial charge is 0.372 e. The van der Waals surface area contributed by atoms with E-state index in [1.807, 2.05) is 12.1 Å². The minimum absolute atomic E-state index is 0.0830. The number of hydrogen-bond acceptors (Lipinski definition) is 5. The first kappa shape index (κ1) is 23.1. The van der Waals surface area contributed by atoms with E-state index in [0.29, 0.717) is 5.69 Å². The van der Waals surface area contributed by atoms with Crippen molar-refractivity contribution in [3.63, 3.8) is 0 Å². The molecule has 1 N–H and O–H groups in total. The minimum atomic E-state index is -3.82. The van der Waals surface area contributed by atoms with Crippen LogP contribution in [0.5, 0.6) is 0 Å². The smallest absolute Gasteiger partial charge is 0.257 e. The summed E-state index contributed by atoms with van der Waals surface area (Å²) in [5.74, 6) is -1.32. The number of halogens is 1. The Hall–Kier alpha value is -2.58. The van der Waals surface area contributed by atoms with Gasteiger partial charge < -0.3 is 10.2 Å². The Bertz CT molecular complexity index is 1110. The SMILES string of the molecule is CCN(CC)c1ccc(NC(=O)c2cc(N3C(=O)C(C)(C)CS3(=O)=O)ccc2Cl)cc1. The zero-order chi connectivity index (χ0) is 23.0. The van der Waals surface area contributed by atoms with Crippen LogP contribution >= 0.6 is 11.6 Å². The molecule has 1 fully saturated rings. The summed E-state index contributed by atoms with van der Waals surface area (Å²) in [4.78, 5) is 27.7. The van der Waals surface area contributed by atoms with Crippen molar-refractivity contribution >= 4 is 50.5 Å². The van der Waals surface area contributed by atoms with Crippen LogP contribution in [-0.2, 0) is 14.8 Å². The van der Waals surface area contributed by atoms with Gasteiger partial charge in [0.05, 0.1) is 27.4 Å². The first-order valence-corrected chi connectivity index (χ1v) is 12.0. The summed E-state index contributed by atoms with van der Waals surface area (Å²) in [6, 6.07) is 11.6. The summed E-state index contributed by atoms with van der Waals surface area (Å²) in [6.45, 7) is 9.05. The Balaban J connectivity index is 1.87. The molecule has 0 spiro atoms. The molecule has 1 aliphatic heterocycles. The number of amides is 2. The van der Waals surface area contributed by atoms with Crippen molar-refractivity contribution in [3.8, 4) is 0 Å². The molecule has 166 valence electrons. The van der Waals surface area contributed by atoms with E-state index in [4.69, 9.17) is 11.6 Å². The second kappa shape index (κ2) is 8.51. The van der Waals surface area contributed by atoms with Crippen molar-refractivity contribution in [1.29, 1.82) is 0 Å². The minimum Gasteiger partial charge on any atom is -0.372 e. The fourth-order valence-corrected chi connectivity index (χ4v) is 5.92. The summed E-state index contributed by atoms with van der Waals surface area (Å²) in [7, 11) is -3.82. The Morgan fingerprint density at radius 3 is 2.26 bits per heavy atom. The van der Waals surface area contributed by atoms with Crippen LogP contribution in [0.15, 0.2) is 42.5 Å². The highest BCUT2D eigenvalue weighted by Gasteiger charge is 2.50. The summed E-state index contributed by atoms with van der Waals surface area (Å²) in [5.41, 5.74) is 0.770. The van der Waals surface area contributed by atoms with Crippen LogP contribution in [0.3, 0.4) is 0 Å². The van der Waals surface area contributed by atoms with Crippen molar-refractivity contribution in [3.05, 3.63) is 53.1 Å². The number of carbonyl (C=O) groups is 2. The Labute approximate surface area is 188 Å². The molecule has 0 saturated carbocycles. The molecule has 2 aromatic rings. The molecule has 2 amide bonds. The summed E-state index contributed by atoms with van der Waals surface area (Å²) < 4.78 is 25.9. The third-order valence-corrected chi connectivity index (χ3v) is 7.62. The first-order chi connectivity index (χ1) is 14.5. The number of benzene rings is 2. The molecular formula is C22H26ClN3O4S. The molecule has 0 aliphatic carbocycles. The maximum Gasteiger partial charge on any atom is 0.257 e. The maximum atomic E-state index is 12.8. The van der Waals surface area contributed by atoms with E-state index in [-0.39, 0.29) is 22.0 Å². The van der Waals surface area contributed by atoms with E-state index in [1.54, 1.807) is 26.0 Å². The highest BCUT2D eigenvalue weighted by molar-refractivity contribution is 7.94. The van der Waals surface area contributed by atoms with Gasteiger partial charge in [-0.05, 0) is 70.2 Å². The van der Waals surface area contributed by atoms with E-state index in [2.05, 4.69) is 24.1 Å². The zero-order valence-electron chi connectivity index (χ0n) is 18.0. The van der Waals surface area contributed by atoms with Crippen molar-refractivity contribution in [2.24, 2.45) is 5.41 Å². The van der Waals surface area contributed by atoms with Gasteiger partial charge in [0.25, 0.3) is 5.91 Å². The quantitative estimate of drug-likeness (QED) is 0.695. The van der Waals surface area contributed by atoms with Gasteiger partial charge in [0, 0.05) is 24.5 Å². The molecule has 7 nitrogen and oxygen atoms in total. The van der Waals surface area contributed by atoms with Crippen LogP contribution in [0.25, 0.3) is 0 Å². The van der Waals surface area contributed by atoms with Gasteiger partial charge in [-0.3, -0.25) is 9.59 Å². The zero-order valence-corrected chi connectivity index (χ0v) is 19.5. The van der Waals surface area contributed by atoms with E-state index in [9.17, 15) is 18.0 Å². The van der Waals surface area contributed by atoms with Crippen LogP contribution in [0.2, 0.25) is 5.02 Å². The topological polar surface area (TPSA) is 86.8 Å². The summed E-state index contributed by atoms with van der Waals surface area (Å²) >= 11 is 6.21. The number of anilines is 3. The van der Waals surface area contributed by atoms with Gasteiger partial charge in [-0.2, -0.15) is 0 Å². The number of hydrogen-bond donors (Lipinski definition) is 1. The van der Waals surface area contributed by atoms with Crippen LogP contribution in [0.4, 0.5) is 17.1 Å². The van der Waals surface area contributed by atoms with E-state index in [0.717, 1.165) is 23.1 Å². The van der Waals surface area contributed by atoms with Gasteiger partial charge in [-0.15, -0.1) is 0 Å². The Morgan fingerprint density at radius 1 is 1.13 bits per heavy atom. The standard InChI is InChI=1S/C22H26ClN3O4S/c1-5-25(6-2)16-9-7-15(8-10-16)24-20(27)18-13-17(11-12-19(18)23)26-21(28)22(3,4)14-31(26,29)30/h7-13H,5-6,14H2,1-4H3,(H,24,27). The molecule has 3 rings (SSSR count). The van der Waals surface area contributed by atoms with E-state index < -0.39 is 27.3 Å². The maximum absolute atomic E-state index is 12.8. The molecule has 1 heterocycles. The van der Waals surface area contributed by atoms with Gasteiger partial charge in [0.2, 0.25) is 15.9 Å². The fraction of sp³-hybridized carbons (Fsp3) is 0.364. The Morgan fingerprint density at radius 2 is 1.74 bits per heavy atom. The van der Waals surface area contributed by atoms with E-state index in [1.165, 1.54) is 18.2 Å². The van der Waals surface area contributed by atoms with Crippen molar-refractivity contribution in [2.45, 2.75) is 27.7 Å². The molecule has 31 heavy (non-hydrogen) atoms. The lowest BCUT2D eigenvalue weighted by atomic mass is 9.95. The molecule has 0 bridgehead atoms. The lowest BCUT2D eigenvalue weighted by Gasteiger charge is -2.21. The number of rotatable bonds is 6. The van der Waals surface area contributed by atoms with Crippen LogP contribution in [0, 0.1) is 5.41 Å². The first-order valence-electron chi connectivity index (χ1n) is 10.0. The number of sulfonamides is 1. The normalized spacial score (nSPS) is 16.9. The van der Waals surface area contributed by atoms with Gasteiger partial charge >= 0.3 is 0 Å². The lowest BCUT2D eigenvalue weighted by molar-refractivity contribution is -0.123. The van der Waals surface area contributed by atoms with Crippen LogP contribution < -0.4 is 14.5 Å². The van der Waals surface area contributed by atoms with Crippen LogP contribution in [0.1, 0.15) is 38.1 Å². The summed E-state index contributed by atoms with van der Waals surface area (Å²) in [5, 5.41) is 2.93. The molecule has 0 aromatic heterocycles.